The van der Waals surface area contributed by atoms with E-state index in [0.29, 0.717) is 29.9 Å². The van der Waals surface area contributed by atoms with E-state index in [1.165, 1.54) is 46.4 Å². The van der Waals surface area contributed by atoms with Crippen LogP contribution in [0.15, 0.2) is 53.6 Å². The molecule has 0 bridgehead atoms. The number of ether oxygens (including phenoxy) is 1. The number of aliphatic carboxylic acids is 1. The molecule has 8 nitrogen and oxygen atoms in total. The number of aromatic nitrogens is 2. The van der Waals surface area contributed by atoms with Gasteiger partial charge in [-0.3, -0.25) is 9.48 Å². The number of benzene rings is 2. The zero-order valence-electron chi connectivity index (χ0n) is 18.2. The minimum absolute atomic E-state index is 0.124. The molecule has 0 fully saturated rings. The molecule has 0 radical (unpaired) electrons. The second-order valence-corrected chi connectivity index (χ2v) is 10.0. The number of hydrogen-bond donors (Lipinski definition) is 1. The summed E-state index contributed by atoms with van der Waals surface area (Å²) >= 11 is 0. The predicted molar refractivity (Wildman–Crippen MR) is 118 cm³/mol. The zero-order valence-corrected chi connectivity index (χ0v) is 19.0. The predicted octanol–water partition coefficient (Wildman–Crippen LogP) is 3.91. The molecule has 0 spiro atoms. The van der Waals surface area contributed by atoms with E-state index in [4.69, 9.17) is 9.84 Å². The second-order valence-electron chi connectivity index (χ2n) is 8.01. The molecule has 1 N–H and O–H groups in total. The van der Waals surface area contributed by atoms with E-state index < -0.39 is 22.0 Å². The Kier molecular flexibility index (Phi) is 6.22. The molecule has 0 amide bonds. The average Bonchev–Trinajstić information content (AvgIpc) is 3.18. The van der Waals surface area contributed by atoms with Crippen LogP contribution in [-0.4, -0.2) is 40.6 Å². The molecule has 174 valence electrons. The van der Waals surface area contributed by atoms with Gasteiger partial charge >= 0.3 is 5.97 Å². The highest BCUT2D eigenvalue weighted by atomic mass is 32.2. The highest BCUT2D eigenvalue weighted by Gasteiger charge is 2.34. The minimum Gasteiger partial charge on any atom is -0.480 e. The Hall–Kier alpha value is -3.24. The maximum atomic E-state index is 13.4. The molecule has 0 saturated heterocycles. The van der Waals surface area contributed by atoms with Crippen molar-refractivity contribution in [3.05, 3.63) is 71.3 Å². The summed E-state index contributed by atoms with van der Waals surface area (Å²) in [6.45, 7) is 1.49. The van der Waals surface area contributed by atoms with Gasteiger partial charge in [-0.05, 0) is 74.2 Å². The van der Waals surface area contributed by atoms with Gasteiger partial charge in [0.15, 0.2) is 0 Å². The van der Waals surface area contributed by atoms with Gasteiger partial charge in [0.2, 0.25) is 10.0 Å². The van der Waals surface area contributed by atoms with E-state index in [1.807, 2.05) is 0 Å². The SMILES string of the molecule is Cc1cc(S(=O)(=O)N(C)C2CCCc3c2cnn3CC(=O)O)ccc1Oc1ccc(F)cc1. The molecule has 1 aromatic heterocycles. The van der Waals surface area contributed by atoms with Gasteiger partial charge in [-0.15, -0.1) is 0 Å². The number of sulfonamides is 1. The van der Waals surface area contributed by atoms with Crippen LogP contribution in [-0.2, 0) is 27.8 Å². The smallest absolute Gasteiger partial charge is 0.325 e. The largest absolute Gasteiger partial charge is 0.480 e. The Balaban J connectivity index is 1.58. The lowest BCUT2D eigenvalue weighted by Crippen LogP contribution is -2.33. The molecule has 4 rings (SSSR count). The van der Waals surface area contributed by atoms with E-state index in [2.05, 4.69) is 5.10 Å². The molecule has 10 heteroatoms. The lowest BCUT2D eigenvalue weighted by Gasteiger charge is -2.31. The van der Waals surface area contributed by atoms with Gasteiger partial charge in [0.1, 0.15) is 23.9 Å². The molecular formula is C23H24FN3O5S. The van der Waals surface area contributed by atoms with Crippen LogP contribution < -0.4 is 4.74 Å². The van der Waals surface area contributed by atoms with E-state index in [1.54, 1.807) is 25.3 Å². The lowest BCUT2D eigenvalue weighted by molar-refractivity contribution is -0.137. The quantitative estimate of drug-likeness (QED) is 0.558. The van der Waals surface area contributed by atoms with Crippen LogP contribution in [0.3, 0.4) is 0 Å². The van der Waals surface area contributed by atoms with Gasteiger partial charge in [-0.1, -0.05) is 0 Å². The molecule has 1 atom stereocenters. The summed E-state index contributed by atoms with van der Waals surface area (Å²) in [7, 11) is -2.31. The van der Waals surface area contributed by atoms with Crippen molar-refractivity contribution in [2.24, 2.45) is 0 Å². The van der Waals surface area contributed by atoms with Gasteiger partial charge in [-0.2, -0.15) is 9.40 Å². The first-order chi connectivity index (χ1) is 15.7. The summed E-state index contributed by atoms with van der Waals surface area (Å²) in [6.07, 6.45) is 3.57. The van der Waals surface area contributed by atoms with Gasteiger partial charge in [0, 0.05) is 18.3 Å². The Morgan fingerprint density at radius 3 is 2.67 bits per heavy atom. The van der Waals surface area contributed by atoms with E-state index in [-0.39, 0.29) is 17.3 Å². The van der Waals surface area contributed by atoms with Crippen molar-refractivity contribution < 1.29 is 27.4 Å². The number of aryl methyl sites for hydroxylation is 1. The third-order valence-electron chi connectivity index (χ3n) is 5.82. The number of carboxylic acid groups (broad SMARTS) is 1. The van der Waals surface area contributed by atoms with E-state index >= 15 is 0 Å². The third kappa shape index (κ3) is 4.62. The summed E-state index contributed by atoms with van der Waals surface area (Å²) in [5.74, 6) is -0.455. The summed E-state index contributed by atoms with van der Waals surface area (Å²) in [4.78, 5) is 11.2. The van der Waals surface area contributed by atoms with Crippen LogP contribution in [0, 0.1) is 12.7 Å². The Bertz CT molecular complexity index is 1290. The average molecular weight is 474 g/mol. The molecule has 1 heterocycles. The third-order valence-corrected chi connectivity index (χ3v) is 7.68. The van der Waals surface area contributed by atoms with Crippen LogP contribution >= 0.6 is 0 Å². The second kappa shape index (κ2) is 8.95. The first-order valence-electron chi connectivity index (χ1n) is 10.5. The fourth-order valence-corrected chi connectivity index (χ4v) is 5.55. The summed E-state index contributed by atoms with van der Waals surface area (Å²) < 4.78 is 48.4. The highest BCUT2D eigenvalue weighted by Crippen LogP contribution is 2.37. The normalized spacial score (nSPS) is 15.9. The van der Waals surface area contributed by atoms with E-state index in [0.717, 1.165) is 17.7 Å². The van der Waals surface area contributed by atoms with Crippen LogP contribution in [0.1, 0.15) is 35.7 Å². The molecular weight excluding hydrogens is 449 g/mol. The van der Waals surface area contributed by atoms with E-state index in [9.17, 15) is 17.6 Å². The molecule has 0 saturated carbocycles. The summed E-state index contributed by atoms with van der Waals surface area (Å²) in [5, 5.41) is 13.3. The fraction of sp³-hybridized carbons (Fsp3) is 0.304. The number of nitrogens with zero attached hydrogens (tertiary/aromatic N) is 3. The Labute approximate surface area is 191 Å². The molecule has 0 aliphatic heterocycles. The maximum absolute atomic E-state index is 13.4. The first-order valence-corrected chi connectivity index (χ1v) is 11.9. The Morgan fingerprint density at radius 1 is 1.27 bits per heavy atom. The summed E-state index contributed by atoms with van der Waals surface area (Å²) in [6, 6.07) is 9.74. The van der Waals surface area contributed by atoms with Crippen molar-refractivity contribution in [3.63, 3.8) is 0 Å². The number of fused-ring (bicyclic) bond motifs is 1. The molecule has 1 aliphatic carbocycles. The monoisotopic (exact) mass is 473 g/mol. The highest BCUT2D eigenvalue weighted by molar-refractivity contribution is 7.89. The van der Waals surface area contributed by atoms with Gasteiger partial charge < -0.3 is 9.84 Å². The van der Waals surface area contributed by atoms with Crippen molar-refractivity contribution in [2.45, 2.75) is 43.7 Å². The summed E-state index contributed by atoms with van der Waals surface area (Å²) in [5.41, 5.74) is 2.11. The van der Waals surface area contributed by atoms with Crippen LogP contribution in [0.25, 0.3) is 0 Å². The molecule has 33 heavy (non-hydrogen) atoms. The number of hydrogen-bond acceptors (Lipinski definition) is 5. The van der Waals surface area contributed by atoms with Crippen LogP contribution in [0.2, 0.25) is 0 Å². The van der Waals surface area contributed by atoms with Crippen molar-refractivity contribution in [1.29, 1.82) is 0 Å². The number of halogens is 1. The van der Waals surface area contributed by atoms with Crippen molar-refractivity contribution in [3.8, 4) is 11.5 Å². The van der Waals surface area contributed by atoms with Gasteiger partial charge in [0.25, 0.3) is 0 Å². The number of rotatable bonds is 7. The first kappa shape index (κ1) is 22.9. The number of carbonyl (C=O) groups is 1. The van der Waals surface area contributed by atoms with Gasteiger partial charge in [0.05, 0.1) is 17.1 Å². The topological polar surface area (TPSA) is 102 Å². The molecule has 3 aromatic rings. The van der Waals surface area contributed by atoms with Crippen molar-refractivity contribution in [2.75, 3.05) is 7.05 Å². The zero-order chi connectivity index (χ0) is 23.8. The maximum Gasteiger partial charge on any atom is 0.325 e. The lowest BCUT2D eigenvalue weighted by atomic mass is 9.93. The van der Waals surface area contributed by atoms with Crippen molar-refractivity contribution >= 4 is 16.0 Å². The standard InChI is InChI=1S/C23H24FN3O5S/c1-15-12-18(10-11-22(15)32-17-8-6-16(24)7-9-17)33(30,31)26(2)20-4-3-5-21-19(20)13-25-27(21)14-23(28)29/h6-13,20H,3-5,14H2,1-2H3,(H,28,29). The molecule has 1 unspecified atom stereocenters. The molecule has 1 aliphatic rings. The fourth-order valence-electron chi connectivity index (χ4n) is 4.10. The van der Waals surface area contributed by atoms with Crippen LogP contribution in [0.4, 0.5) is 4.39 Å². The number of carboxylic acids is 1. The Morgan fingerprint density at radius 2 is 2.00 bits per heavy atom. The molecule has 2 aromatic carbocycles. The van der Waals surface area contributed by atoms with Crippen molar-refractivity contribution in [1.82, 2.24) is 14.1 Å². The van der Waals surface area contributed by atoms with Crippen LogP contribution in [0.5, 0.6) is 11.5 Å². The minimum atomic E-state index is -3.84. The van der Waals surface area contributed by atoms with Gasteiger partial charge in [-0.25, -0.2) is 12.8 Å².